The lowest BCUT2D eigenvalue weighted by Crippen LogP contribution is -2.13. The number of carbonyl (C=O) groups excluding carboxylic acids is 1. The van der Waals surface area contributed by atoms with Gasteiger partial charge in [0.15, 0.2) is 5.58 Å². The van der Waals surface area contributed by atoms with Crippen molar-refractivity contribution in [2.45, 2.75) is 13.8 Å². The van der Waals surface area contributed by atoms with E-state index >= 15 is 0 Å². The lowest BCUT2D eigenvalue weighted by Gasteiger charge is -2.10. The van der Waals surface area contributed by atoms with Crippen LogP contribution in [0.1, 0.15) is 22.8 Å². The summed E-state index contributed by atoms with van der Waals surface area (Å²) >= 11 is 0. The monoisotopic (exact) mass is 372 g/mol. The van der Waals surface area contributed by atoms with Gasteiger partial charge in [0, 0.05) is 17.3 Å². The van der Waals surface area contributed by atoms with Crippen molar-refractivity contribution in [1.82, 2.24) is 4.98 Å². The molecule has 0 aliphatic rings. The number of nitrogens with zero attached hydrogens (tertiary/aromatic N) is 1. The smallest absolute Gasteiger partial charge is 0.259 e. The molecule has 0 spiro atoms. The molecule has 1 heterocycles. The van der Waals surface area contributed by atoms with Crippen molar-refractivity contribution in [3.8, 4) is 17.2 Å². The molecule has 1 amide bonds. The Morgan fingerprint density at radius 2 is 1.93 bits per heavy atom. The van der Waals surface area contributed by atoms with Crippen molar-refractivity contribution in [2.75, 3.05) is 11.9 Å². The first-order chi connectivity index (χ1) is 13.6. The third-order valence-corrected chi connectivity index (χ3v) is 4.34. The van der Waals surface area contributed by atoms with Crippen LogP contribution in [0.25, 0.3) is 22.6 Å². The summed E-state index contributed by atoms with van der Waals surface area (Å²) < 4.78 is 11.5. The van der Waals surface area contributed by atoms with E-state index in [9.17, 15) is 4.79 Å². The Kier molecular flexibility index (Phi) is 4.81. The number of carbonyl (C=O) groups is 1. The molecule has 0 radical (unpaired) electrons. The largest absolute Gasteiger partial charge is 0.493 e. The average molecular weight is 372 g/mol. The molecule has 0 atom stereocenters. The summed E-state index contributed by atoms with van der Waals surface area (Å²) in [6, 6.07) is 20.6. The number of nitrogens with one attached hydrogen (secondary N) is 1. The zero-order valence-corrected chi connectivity index (χ0v) is 15.7. The summed E-state index contributed by atoms with van der Waals surface area (Å²) in [5.41, 5.74) is 4.54. The van der Waals surface area contributed by atoms with Crippen LogP contribution in [0.5, 0.6) is 5.75 Å². The van der Waals surface area contributed by atoms with Gasteiger partial charge in [0.2, 0.25) is 5.89 Å². The van der Waals surface area contributed by atoms with Crippen LogP contribution in [0.15, 0.2) is 71.1 Å². The molecule has 5 heteroatoms. The van der Waals surface area contributed by atoms with Crippen LogP contribution < -0.4 is 10.1 Å². The van der Waals surface area contributed by atoms with E-state index in [0.717, 1.165) is 16.6 Å². The Morgan fingerprint density at radius 1 is 1.07 bits per heavy atom. The van der Waals surface area contributed by atoms with Crippen molar-refractivity contribution in [3.63, 3.8) is 0 Å². The number of aromatic nitrogens is 1. The van der Waals surface area contributed by atoms with Crippen molar-refractivity contribution in [1.29, 1.82) is 0 Å². The molecule has 28 heavy (non-hydrogen) atoms. The first-order valence-corrected chi connectivity index (χ1v) is 9.15. The van der Waals surface area contributed by atoms with E-state index in [1.54, 1.807) is 18.2 Å². The van der Waals surface area contributed by atoms with Gasteiger partial charge in [-0.1, -0.05) is 29.8 Å². The Labute approximate surface area is 163 Å². The van der Waals surface area contributed by atoms with Crippen molar-refractivity contribution >= 4 is 22.7 Å². The van der Waals surface area contributed by atoms with Gasteiger partial charge in [0.25, 0.3) is 5.91 Å². The number of para-hydroxylation sites is 1. The van der Waals surface area contributed by atoms with Gasteiger partial charge in [0.05, 0.1) is 12.2 Å². The number of rotatable bonds is 5. The summed E-state index contributed by atoms with van der Waals surface area (Å²) in [7, 11) is 0. The highest BCUT2D eigenvalue weighted by Crippen LogP contribution is 2.27. The van der Waals surface area contributed by atoms with E-state index < -0.39 is 0 Å². The highest BCUT2D eigenvalue weighted by molar-refractivity contribution is 6.06. The molecule has 1 N–H and O–H groups in total. The predicted molar refractivity (Wildman–Crippen MR) is 110 cm³/mol. The molecule has 4 rings (SSSR count). The summed E-state index contributed by atoms with van der Waals surface area (Å²) in [6.07, 6.45) is 0. The summed E-state index contributed by atoms with van der Waals surface area (Å²) in [4.78, 5) is 17.2. The molecule has 0 bridgehead atoms. The Hall–Kier alpha value is -3.60. The fourth-order valence-electron chi connectivity index (χ4n) is 3.04. The van der Waals surface area contributed by atoms with E-state index in [4.69, 9.17) is 9.15 Å². The van der Waals surface area contributed by atoms with Gasteiger partial charge >= 0.3 is 0 Å². The molecule has 0 unspecified atom stereocenters. The van der Waals surface area contributed by atoms with Crippen molar-refractivity contribution < 1.29 is 13.9 Å². The van der Waals surface area contributed by atoms with E-state index in [1.165, 1.54) is 0 Å². The van der Waals surface area contributed by atoms with E-state index in [-0.39, 0.29) is 5.91 Å². The lowest BCUT2D eigenvalue weighted by molar-refractivity contribution is 0.102. The number of hydrogen-bond donors (Lipinski definition) is 1. The fraction of sp³-hybridized carbons (Fsp3) is 0.130. The van der Waals surface area contributed by atoms with Crippen LogP contribution in [0.3, 0.4) is 0 Å². The number of amides is 1. The third-order valence-electron chi connectivity index (χ3n) is 4.34. The lowest BCUT2D eigenvalue weighted by atomic mass is 10.1. The van der Waals surface area contributed by atoms with Crippen LogP contribution in [0.2, 0.25) is 0 Å². The second kappa shape index (κ2) is 7.56. The highest BCUT2D eigenvalue weighted by atomic mass is 16.5. The Balaban J connectivity index is 1.61. The molecule has 0 saturated carbocycles. The van der Waals surface area contributed by atoms with Crippen LogP contribution in [0.4, 0.5) is 5.69 Å². The molecule has 3 aromatic carbocycles. The fourth-order valence-corrected chi connectivity index (χ4v) is 3.04. The summed E-state index contributed by atoms with van der Waals surface area (Å²) in [5.74, 6) is 0.885. The van der Waals surface area contributed by atoms with Crippen molar-refractivity contribution in [2.24, 2.45) is 0 Å². The van der Waals surface area contributed by atoms with E-state index in [0.29, 0.717) is 35.1 Å². The molecule has 140 valence electrons. The SMILES string of the molecule is CCOc1ccccc1C(=O)Nc1ccc2nc(-c3cccc(C)c3)oc2c1. The average Bonchev–Trinajstić information content (AvgIpc) is 3.12. The second-order valence-electron chi connectivity index (χ2n) is 6.45. The molecule has 4 aromatic rings. The Bertz CT molecular complexity index is 1150. The zero-order chi connectivity index (χ0) is 19.5. The number of aryl methyl sites for hydroxylation is 1. The molecule has 0 aliphatic carbocycles. The minimum atomic E-state index is -0.234. The molecule has 5 nitrogen and oxygen atoms in total. The normalized spacial score (nSPS) is 10.8. The minimum absolute atomic E-state index is 0.234. The van der Waals surface area contributed by atoms with E-state index in [1.807, 2.05) is 62.4 Å². The van der Waals surface area contributed by atoms with Crippen LogP contribution in [0, 0.1) is 6.92 Å². The van der Waals surface area contributed by atoms with Gasteiger partial charge in [-0.15, -0.1) is 0 Å². The molecule has 1 aromatic heterocycles. The highest BCUT2D eigenvalue weighted by Gasteiger charge is 2.14. The standard InChI is InChI=1S/C23H20N2O3/c1-3-27-20-10-5-4-9-18(20)22(26)24-17-11-12-19-21(14-17)28-23(25-19)16-8-6-7-15(2)13-16/h4-14H,3H2,1-2H3,(H,24,26). The number of oxazole rings is 1. The van der Waals surface area contributed by atoms with Crippen molar-refractivity contribution in [3.05, 3.63) is 77.9 Å². The quantitative estimate of drug-likeness (QED) is 0.506. The van der Waals surface area contributed by atoms with Gasteiger partial charge < -0.3 is 14.5 Å². The van der Waals surface area contributed by atoms with E-state index in [2.05, 4.69) is 10.3 Å². The molecular formula is C23H20N2O3. The predicted octanol–water partition coefficient (Wildman–Crippen LogP) is 5.45. The maximum absolute atomic E-state index is 12.7. The molecule has 0 fully saturated rings. The number of anilines is 1. The molecule has 0 aliphatic heterocycles. The number of fused-ring (bicyclic) bond motifs is 1. The third kappa shape index (κ3) is 3.60. The van der Waals surface area contributed by atoms with Gasteiger partial charge in [-0.05, 0) is 50.2 Å². The van der Waals surface area contributed by atoms with Gasteiger partial charge in [-0.3, -0.25) is 4.79 Å². The number of benzene rings is 3. The molecule has 0 saturated heterocycles. The number of hydrogen-bond acceptors (Lipinski definition) is 4. The van der Waals surface area contributed by atoms with Crippen LogP contribution in [-0.2, 0) is 0 Å². The van der Waals surface area contributed by atoms with Crippen LogP contribution in [-0.4, -0.2) is 17.5 Å². The summed E-state index contributed by atoms with van der Waals surface area (Å²) in [5, 5.41) is 2.90. The second-order valence-corrected chi connectivity index (χ2v) is 6.45. The first-order valence-electron chi connectivity index (χ1n) is 9.15. The Morgan fingerprint density at radius 3 is 2.75 bits per heavy atom. The zero-order valence-electron chi connectivity index (χ0n) is 15.7. The van der Waals surface area contributed by atoms with Gasteiger partial charge in [-0.2, -0.15) is 0 Å². The van der Waals surface area contributed by atoms with Crippen LogP contribution >= 0.6 is 0 Å². The summed E-state index contributed by atoms with van der Waals surface area (Å²) in [6.45, 7) is 4.41. The molecular weight excluding hydrogens is 352 g/mol. The van der Waals surface area contributed by atoms with Gasteiger partial charge in [0.1, 0.15) is 11.3 Å². The maximum Gasteiger partial charge on any atom is 0.259 e. The maximum atomic E-state index is 12.7. The number of ether oxygens (including phenoxy) is 1. The topological polar surface area (TPSA) is 64.4 Å². The minimum Gasteiger partial charge on any atom is -0.493 e. The van der Waals surface area contributed by atoms with Gasteiger partial charge in [-0.25, -0.2) is 4.98 Å². The first kappa shape index (κ1) is 17.8.